The molecule has 2 heterocycles. The third-order valence-corrected chi connectivity index (χ3v) is 4.88. The van der Waals surface area contributed by atoms with Gasteiger partial charge in [-0.3, -0.25) is 4.99 Å². The van der Waals surface area contributed by atoms with Crippen LogP contribution in [0.5, 0.6) is 0 Å². The summed E-state index contributed by atoms with van der Waals surface area (Å²) in [6.07, 6.45) is 4.68. The molecule has 0 amide bonds. The minimum Gasteiger partial charge on any atom is -0.356 e. The quantitative estimate of drug-likeness (QED) is 0.275. The first-order valence-corrected chi connectivity index (χ1v) is 9.78. The molecule has 0 saturated heterocycles. The number of aryl methyl sites for hydroxylation is 1. The van der Waals surface area contributed by atoms with Crippen LogP contribution in [-0.4, -0.2) is 45.8 Å². The molecule has 29 heavy (non-hydrogen) atoms. The lowest BCUT2D eigenvalue weighted by molar-refractivity contribution is 0.462. The SMILES string of the molecule is CN=C(NCCc1ccn(-c2ccc(F)cc2)n1)N(C)Cc1cc(Br)cn1C.I. The lowest BCUT2D eigenvalue weighted by Crippen LogP contribution is -2.39. The molecule has 0 aliphatic heterocycles. The Morgan fingerprint density at radius 3 is 2.62 bits per heavy atom. The van der Waals surface area contributed by atoms with E-state index >= 15 is 0 Å². The summed E-state index contributed by atoms with van der Waals surface area (Å²) in [5.41, 5.74) is 2.99. The second-order valence-corrected chi connectivity index (χ2v) is 7.48. The van der Waals surface area contributed by atoms with Gasteiger partial charge in [-0.1, -0.05) is 0 Å². The standard InChI is InChI=1S/C20H24BrFN6.HI/c1-23-20(27(3)14-19-12-15(21)13-26(19)2)24-10-8-17-9-11-28(25-17)18-6-4-16(22)5-7-18;/h4-7,9,11-13H,8,10,14H2,1-3H3,(H,23,24);1H. The van der Waals surface area contributed by atoms with Gasteiger partial charge in [0, 0.05) is 56.7 Å². The molecule has 0 spiro atoms. The van der Waals surface area contributed by atoms with E-state index in [0.29, 0.717) is 6.54 Å². The van der Waals surface area contributed by atoms with Crippen LogP contribution in [0.2, 0.25) is 0 Å². The first kappa shape index (κ1) is 23.4. The van der Waals surface area contributed by atoms with Crippen molar-refractivity contribution in [2.45, 2.75) is 13.0 Å². The van der Waals surface area contributed by atoms with Crippen molar-refractivity contribution < 1.29 is 4.39 Å². The topological polar surface area (TPSA) is 50.4 Å². The Hall–Kier alpha value is -1.88. The van der Waals surface area contributed by atoms with Gasteiger partial charge in [-0.2, -0.15) is 5.10 Å². The summed E-state index contributed by atoms with van der Waals surface area (Å²) < 4.78 is 18.0. The number of aromatic nitrogens is 3. The number of rotatable bonds is 6. The third-order valence-electron chi connectivity index (χ3n) is 4.45. The summed E-state index contributed by atoms with van der Waals surface area (Å²) >= 11 is 3.50. The molecule has 0 aliphatic carbocycles. The largest absolute Gasteiger partial charge is 0.356 e. The number of benzene rings is 1. The van der Waals surface area contributed by atoms with Crippen molar-refractivity contribution in [2.75, 3.05) is 20.6 Å². The average Bonchev–Trinajstić information content (AvgIpc) is 3.25. The van der Waals surface area contributed by atoms with Crippen molar-refractivity contribution in [2.24, 2.45) is 12.0 Å². The highest BCUT2D eigenvalue weighted by atomic mass is 127. The molecular formula is C20H25BrFIN6. The average molecular weight is 575 g/mol. The van der Waals surface area contributed by atoms with Gasteiger partial charge < -0.3 is 14.8 Å². The first-order valence-electron chi connectivity index (χ1n) is 8.99. The fourth-order valence-corrected chi connectivity index (χ4v) is 3.53. The number of halogens is 3. The number of nitrogens with one attached hydrogen (secondary N) is 1. The van der Waals surface area contributed by atoms with Crippen molar-refractivity contribution in [1.82, 2.24) is 24.6 Å². The van der Waals surface area contributed by atoms with Crippen LogP contribution in [0.15, 0.2) is 58.3 Å². The van der Waals surface area contributed by atoms with Crippen LogP contribution < -0.4 is 5.32 Å². The van der Waals surface area contributed by atoms with Gasteiger partial charge in [0.2, 0.25) is 0 Å². The van der Waals surface area contributed by atoms with Crippen LogP contribution in [-0.2, 0) is 20.0 Å². The van der Waals surface area contributed by atoms with E-state index in [4.69, 9.17) is 0 Å². The minimum atomic E-state index is -0.251. The second kappa shape index (κ2) is 10.8. The molecule has 6 nitrogen and oxygen atoms in total. The molecule has 9 heteroatoms. The number of nitrogens with zero attached hydrogens (tertiary/aromatic N) is 5. The van der Waals surface area contributed by atoms with Crippen molar-refractivity contribution in [3.05, 3.63) is 70.5 Å². The van der Waals surface area contributed by atoms with E-state index < -0.39 is 0 Å². The van der Waals surface area contributed by atoms with Crippen LogP contribution in [0, 0.1) is 5.82 Å². The fourth-order valence-electron chi connectivity index (χ4n) is 2.96. The number of aliphatic imine (C=N–C) groups is 1. The number of hydrogen-bond acceptors (Lipinski definition) is 2. The zero-order valence-corrected chi connectivity index (χ0v) is 20.6. The minimum absolute atomic E-state index is 0. The van der Waals surface area contributed by atoms with Crippen molar-refractivity contribution in [3.63, 3.8) is 0 Å². The first-order chi connectivity index (χ1) is 13.5. The van der Waals surface area contributed by atoms with Crippen molar-refractivity contribution in [1.29, 1.82) is 0 Å². The molecule has 1 aromatic carbocycles. The molecule has 0 unspecified atom stereocenters. The molecule has 156 valence electrons. The summed E-state index contributed by atoms with van der Waals surface area (Å²) in [6, 6.07) is 10.4. The molecule has 0 fully saturated rings. The zero-order chi connectivity index (χ0) is 20.1. The lowest BCUT2D eigenvalue weighted by atomic mass is 10.3. The summed E-state index contributed by atoms with van der Waals surface area (Å²) in [7, 11) is 5.82. The van der Waals surface area contributed by atoms with E-state index in [1.165, 1.54) is 17.8 Å². The van der Waals surface area contributed by atoms with Crippen LogP contribution >= 0.6 is 39.9 Å². The van der Waals surface area contributed by atoms with Crippen molar-refractivity contribution >= 4 is 45.9 Å². The summed E-state index contributed by atoms with van der Waals surface area (Å²) in [5.74, 6) is 0.578. The highest BCUT2D eigenvalue weighted by Crippen LogP contribution is 2.15. The molecule has 0 bridgehead atoms. The number of guanidine groups is 1. The van der Waals surface area contributed by atoms with Crippen LogP contribution in [0.4, 0.5) is 4.39 Å². The van der Waals surface area contributed by atoms with Crippen LogP contribution in [0.3, 0.4) is 0 Å². The molecule has 0 atom stereocenters. The van der Waals surface area contributed by atoms with Gasteiger partial charge in [-0.25, -0.2) is 9.07 Å². The van der Waals surface area contributed by atoms with Gasteiger partial charge in [-0.05, 0) is 52.3 Å². The molecule has 0 aliphatic rings. The summed E-state index contributed by atoms with van der Waals surface area (Å²) in [4.78, 5) is 6.44. The van der Waals surface area contributed by atoms with Crippen LogP contribution in [0.1, 0.15) is 11.4 Å². The predicted molar refractivity (Wildman–Crippen MR) is 129 cm³/mol. The molecule has 3 aromatic rings. The highest BCUT2D eigenvalue weighted by Gasteiger charge is 2.10. The number of hydrogen-bond donors (Lipinski definition) is 1. The Morgan fingerprint density at radius 1 is 1.28 bits per heavy atom. The third kappa shape index (κ3) is 6.30. The normalized spacial score (nSPS) is 11.3. The molecular weight excluding hydrogens is 550 g/mol. The molecule has 2 aromatic heterocycles. The lowest BCUT2D eigenvalue weighted by Gasteiger charge is -2.22. The fraction of sp³-hybridized carbons (Fsp3) is 0.300. The van der Waals surface area contributed by atoms with E-state index in [2.05, 4.69) is 46.9 Å². The maximum atomic E-state index is 13.1. The van der Waals surface area contributed by atoms with Gasteiger partial charge >= 0.3 is 0 Å². The van der Waals surface area contributed by atoms with E-state index in [-0.39, 0.29) is 29.8 Å². The molecule has 0 radical (unpaired) electrons. The van der Waals surface area contributed by atoms with E-state index in [9.17, 15) is 4.39 Å². The molecule has 3 rings (SSSR count). The van der Waals surface area contributed by atoms with Crippen molar-refractivity contribution in [3.8, 4) is 5.69 Å². The highest BCUT2D eigenvalue weighted by molar-refractivity contribution is 14.0. The van der Waals surface area contributed by atoms with Gasteiger partial charge in [0.15, 0.2) is 5.96 Å². The maximum Gasteiger partial charge on any atom is 0.193 e. The van der Waals surface area contributed by atoms with Crippen LogP contribution in [0.25, 0.3) is 5.69 Å². The molecule has 1 N–H and O–H groups in total. The van der Waals surface area contributed by atoms with E-state index in [1.54, 1.807) is 23.9 Å². The Balaban J connectivity index is 0.00000300. The van der Waals surface area contributed by atoms with E-state index in [0.717, 1.165) is 34.8 Å². The monoisotopic (exact) mass is 574 g/mol. The Bertz CT molecular complexity index is 950. The maximum absolute atomic E-state index is 13.1. The summed E-state index contributed by atoms with van der Waals surface area (Å²) in [6.45, 7) is 1.47. The predicted octanol–water partition coefficient (Wildman–Crippen LogP) is 3.98. The van der Waals surface area contributed by atoms with Gasteiger partial charge in [0.05, 0.1) is 17.9 Å². The van der Waals surface area contributed by atoms with Gasteiger partial charge in [-0.15, -0.1) is 24.0 Å². The van der Waals surface area contributed by atoms with Gasteiger partial charge in [0.25, 0.3) is 0 Å². The Labute approximate surface area is 196 Å². The molecule has 0 saturated carbocycles. The summed E-state index contributed by atoms with van der Waals surface area (Å²) in [5, 5.41) is 7.93. The smallest absolute Gasteiger partial charge is 0.193 e. The second-order valence-electron chi connectivity index (χ2n) is 6.57. The Morgan fingerprint density at radius 2 is 2.00 bits per heavy atom. The Kier molecular flexibility index (Phi) is 8.69. The van der Waals surface area contributed by atoms with Gasteiger partial charge in [0.1, 0.15) is 5.82 Å². The van der Waals surface area contributed by atoms with E-state index in [1.807, 2.05) is 32.6 Å². The zero-order valence-electron chi connectivity index (χ0n) is 16.6.